The first-order valence-corrected chi connectivity index (χ1v) is 7.48. The Labute approximate surface area is 129 Å². The maximum absolute atomic E-state index is 14.7. The summed E-state index contributed by atoms with van der Waals surface area (Å²) < 4.78 is 14.7. The van der Waals surface area contributed by atoms with Crippen LogP contribution in [0.4, 0.5) is 4.39 Å². The van der Waals surface area contributed by atoms with Crippen molar-refractivity contribution in [1.82, 2.24) is 5.43 Å². The van der Waals surface area contributed by atoms with Gasteiger partial charge in [-0.25, -0.2) is 9.82 Å². The van der Waals surface area contributed by atoms with Crippen LogP contribution in [0, 0.1) is 12.3 Å². The third-order valence-electron chi connectivity index (χ3n) is 4.42. The smallest absolute Gasteiger partial charge is 0.240 e. The van der Waals surface area contributed by atoms with Gasteiger partial charge in [-0.05, 0) is 37.5 Å². The zero-order valence-electron chi connectivity index (χ0n) is 12.8. The van der Waals surface area contributed by atoms with Crippen molar-refractivity contribution in [3.05, 3.63) is 59.4 Å². The monoisotopic (exact) mass is 298 g/mol. The fourth-order valence-electron chi connectivity index (χ4n) is 3.04. The molecular weight excluding hydrogens is 279 g/mol. The molecule has 0 saturated carbocycles. The highest BCUT2D eigenvalue weighted by molar-refractivity contribution is 5.98. The van der Waals surface area contributed by atoms with E-state index in [0.717, 1.165) is 16.8 Å². The molecule has 0 saturated heterocycles. The quantitative estimate of drug-likeness (QED) is 0.830. The molecule has 0 spiro atoms. The maximum atomic E-state index is 14.7. The number of hydrazone groups is 1. The van der Waals surface area contributed by atoms with E-state index in [4.69, 9.17) is 0 Å². The van der Waals surface area contributed by atoms with E-state index in [1.807, 2.05) is 50.3 Å². The van der Waals surface area contributed by atoms with Gasteiger partial charge in [0.2, 0.25) is 5.91 Å². The molecule has 0 radical (unpaired) electrons. The van der Waals surface area contributed by atoms with E-state index in [1.165, 1.54) is 0 Å². The van der Waals surface area contributed by atoms with Crippen LogP contribution in [0.15, 0.2) is 53.4 Å². The van der Waals surface area contributed by atoms with Crippen molar-refractivity contribution in [2.75, 3.05) is 0 Å². The summed E-state index contributed by atoms with van der Waals surface area (Å²) in [5.74, 6) is -0.596. The lowest BCUT2D eigenvalue weighted by Gasteiger charge is -2.31. The highest BCUT2D eigenvalue weighted by Crippen LogP contribution is 2.40. The molecule has 3 nitrogen and oxygen atoms in total. The lowest BCUT2D eigenvalue weighted by atomic mass is 9.75. The molecule has 0 aromatic heterocycles. The van der Waals surface area contributed by atoms with E-state index in [-0.39, 0.29) is 17.7 Å². The summed E-state index contributed by atoms with van der Waals surface area (Å²) in [4.78, 5) is 11.2. The van der Waals surface area contributed by atoms with E-state index < -0.39 is 5.41 Å². The van der Waals surface area contributed by atoms with E-state index in [0.29, 0.717) is 12.8 Å². The molecule has 1 aromatic carbocycles. The zero-order chi connectivity index (χ0) is 15.7. The van der Waals surface area contributed by atoms with Crippen LogP contribution in [-0.4, -0.2) is 11.6 Å². The Morgan fingerprint density at radius 2 is 2.09 bits per heavy atom. The van der Waals surface area contributed by atoms with Crippen molar-refractivity contribution in [1.29, 1.82) is 0 Å². The van der Waals surface area contributed by atoms with Crippen LogP contribution >= 0.6 is 0 Å². The Bertz CT molecular complexity index is 705. The first kappa shape index (κ1) is 14.7. The van der Waals surface area contributed by atoms with E-state index in [2.05, 4.69) is 10.5 Å². The molecule has 2 atom stereocenters. The van der Waals surface area contributed by atoms with E-state index >= 15 is 0 Å². The normalized spacial score (nSPS) is 28.0. The number of nitrogens with zero attached hydrogens (tertiary/aromatic N) is 1. The van der Waals surface area contributed by atoms with Gasteiger partial charge in [-0.2, -0.15) is 5.10 Å². The van der Waals surface area contributed by atoms with Gasteiger partial charge >= 0.3 is 0 Å². The topological polar surface area (TPSA) is 41.5 Å². The fourth-order valence-corrected chi connectivity index (χ4v) is 3.04. The second-order valence-electron chi connectivity index (χ2n) is 6.10. The molecule has 22 heavy (non-hydrogen) atoms. The van der Waals surface area contributed by atoms with Gasteiger partial charge in [-0.3, -0.25) is 4.79 Å². The van der Waals surface area contributed by atoms with Gasteiger partial charge in [0.05, 0.1) is 11.6 Å². The molecule has 1 aromatic rings. The molecule has 1 aliphatic carbocycles. The number of hydrogen-bond donors (Lipinski definition) is 1. The van der Waals surface area contributed by atoms with Crippen LogP contribution in [0.3, 0.4) is 0 Å². The molecule has 114 valence electrons. The number of allylic oxidation sites excluding steroid dienone is 4. The van der Waals surface area contributed by atoms with Gasteiger partial charge in [0.15, 0.2) is 0 Å². The zero-order valence-corrected chi connectivity index (χ0v) is 12.8. The minimum atomic E-state index is -0.572. The minimum Gasteiger partial charge on any atom is -0.273 e. The van der Waals surface area contributed by atoms with Gasteiger partial charge in [0, 0.05) is 11.8 Å². The number of rotatable bonds is 2. The molecule has 2 aliphatic rings. The SMILES string of the molecule is Cc1ccccc1C1C=CC(C)(C2=NNC(=O)CC2)C=C1F. The summed E-state index contributed by atoms with van der Waals surface area (Å²) in [6.45, 7) is 3.92. The summed E-state index contributed by atoms with van der Waals surface area (Å²) in [5, 5.41) is 4.11. The van der Waals surface area contributed by atoms with E-state index in [1.54, 1.807) is 6.08 Å². The van der Waals surface area contributed by atoms with Crippen LogP contribution in [0.1, 0.15) is 36.8 Å². The van der Waals surface area contributed by atoms with Crippen LogP contribution in [0.25, 0.3) is 0 Å². The van der Waals surface area contributed by atoms with E-state index in [9.17, 15) is 9.18 Å². The van der Waals surface area contributed by atoms with Gasteiger partial charge in [0.1, 0.15) is 5.83 Å². The van der Waals surface area contributed by atoms with Crippen LogP contribution in [0.2, 0.25) is 0 Å². The number of benzene rings is 1. The van der Waals surface area contributed by atoms with Crippen molar-refractivity contribution >= 4 is 11.6 Å². The molecule has 2 unspecified atom stereocenters. The highest BCUT2D eigenvalue weighted by Gasteiger charge is 2.33. The molecule has 1 aliphatic heterocycles. The Hall–Kier alpha value is -2.23. The second kappa shape index (κ2) is 5.52. The van der Waals surface area contributed by atoms with Crippen molar-refractivity contribution in [3.63, 3.8) is 0 Å². The Morgan fingerprint density at radius 3 is 2.73 bits per heavy atom. The summed E-state index contributed by atoms with van der Waals surface area (Å²) in [7, 11) is 0. The lowest BCUT2D eigenvalue weighted by Crippen LogP contribution is -2.34. The third kappa shape index (κ3) is 2.61. The summed E-state index contributed by atoms with van der Waals surface area (Å²) in [6.07, 6.45) is 6.48. The maximum Gasteiger partial charge on any atom is 0.240 e. The first-order chi connectivity index (χ1) is 10.5. The average Bonchev–Trinajstić information content (AvgIpc) is 2.49. The highest BCUT2D eigenvalue weighted by atomic mass is 19.1. The molecule has 0 bridgehead atoms. The number of aryl methyl sites for hydroxylation is 1. The number of amides is 1. The predicted molar refractivity (Wildman–Crippen MR) is 85.2 cm³/mol. The largest absolute Gasteiger partial charge is 0.273 e. The first-order valence-electron chi connectivity index (χ1n) is 7.48. The molecule has 4 heteroatoms. The predicted octanol–water partition coefficient (Wildman–Crippen LogP) is 3.77. The lowest BCUT2D eigenvalue weighted by molar-refractivity contribution is -0.121. The number of carbonyl (C=O) groups excluding carboxylic acids is 1. The third-order valence-corrected chi connectivity index (χ3v) is 4.42. The number of hydrogen-bond acceptors (Lipinski definition) is 2. The number of nitrogens with one attached hydrogen (secondary N) is 1. The molecule has 1 heterocycles. The summed E-state index contributed by atoms with van der Waals surface area (Å²) in [6, 6.07) is 7.83. The second-order valence-corrected chi connectivity index (χ2v) is 6.10. The van der Waals surface area contributed by atoms with Crippen LogP contribution in [-0.2, 0) is 4.79 Å². The standard InChI is InChI=1S/C18H19FN2O/c1-12-5-3-4-6-13(12)14-9-10-18(2,11-15(14)19)16-7-8-17(22)21-20-16/h3-6,9-11,14H,7-8H2,1-2H3,(H,21,22). The Balaban J connectivity index is 1.91. The molecular formula is C18H19FN2O. The molecule has 1 amide bonds. The van der Waals surface area contributed by atoms with Crippen molar-refractivity contribution in [3.8, 4) is 0 Å². The van der Waals surface area contributed by atoms with Gasteiger partial charge in [-0.1, -0.05) is 36.4 Å². The number of carbonyl (C=O) groups is 1. The van der Waals surface area contributed by atoms with Crippen molar-refractivity contribution in [2.45, 2.75) is 32.6 Å². The minimum absolute atomic E-state index is 0.0885. The van der Waals surface area contributed by atoms with Crippen LogP contribution < -0.4 is 5.43 Å². The van der Waals surface area contributed by atoms with Gasteiger partial charge in [-0.15, -0.1) is 0 Å². The van der Waals surface area contributed by atoms with Crippen molar-refractivity contribution in [2.24, 2.45) is 10.5 Å². The molecule has 0 fully saturated rings. The molecule has 1 N–H and O–H groups in total. The number of halogens is 1. The summed E-state index contributed by atoms with van der Waals surface area (Å²) in [5.41, 5.74) is 4.76. The molecule has 3 rings (SSSR count). The van der Waals surface area contributed by atoms with Crippen LogP contribution in [0.5, 0.6) is 0 Å². The average molecular weight is 298 g/mol. The Kier molecular flexibility index (Phi) is 3.69. The summed E-state index contributed by atoms with van der Waals surface area (Å²) >= 11 is 0. The Morgan fingerprint density at radius 1 is 1.32 bits per heavy atom. The van der Waals surface area contributed by atoms with Crippen molar-refractivity contribution < 1.29 is 9.18 Å². The van der Waals surface area contributed by atoms with Gasteiger partial charge in [0.25, 0.3) is 0 Å². The van der Waals surface area contributed by atoms with Gasteiger partial charge < -0.3 is 0 Å². The fraction of sp³-hybridized carbons (Fsp3) is 0.333.